The van der Waals surface area contributed by atoms with Crippen LogP contribution in [0.25, 0.3) is 0 Å². The standard InChI is InChI=1S/C11H11FO4/c1-16-10-8(11(14)15)5-7(3-2-4-13)6-9(10)12/h4-6H,2-3H2,1H3,(H,14,15). The Bertz CT molecular complexity index is 415. The molecule has 0 heterocycles. The monoisotopic (exact) mass is 226 g/mol. The summed E-state index contributed by atoms with van der Waals surface area (Å²) in [5, 5.41) is 8.85. The van der Waals surface area contributed by atoms with Gasteiger partial charge >= 0.3 is 5.97 Å². The molecule has 0 aliphatic carbocycles. The third kappa shape index (κ3) is 2.56. The molecule has 0 aromatic heterocycles. The van der Waals surface area contributed by atoms with Crippen molar-refractivity contribution in [2.75, 3.05) is 7.11 Å². The Morgan fingerprint density at radius 2 is 2.25 bits per heavy atom. The number of halogens is 1. The van der Waals surface area contributed by atoms with Crippen molar-refractivity contribution in [3.05, 3.63) is 29.1 Å². The largest absolute Gasteiger partial charge is 0.493 e. The lowest BCUT2D eigenvalue weighted by atomic mass is 10.1. The number of hydrogen-bond donors (Lipinski definition) is 1. The molecule has 0 saturated carbocycles. The number of benzene rings is 1. The molecule has 4 nitrogen and oxygen atoms in total. The van der Waals surface area contributed by atoms with Gasteiger partial charge in [-0.05, 0) is 24.1 Å². The summed E-state index contributed by atoms with van der Waals surface area (Å²) in [4.78, 5) is 21.0. The number of ether oxygens (including phenoxy) is 1. The number of aromatic carboxylic acids is 1. The highest BCUT2D eigenvalue weighted by molar-refractivity contribution is 5.91. The van der Waals surface area contributed by atoms with Crippen LogP contribution in [0.5, 0.6) is 5.75 Å². The van der Waals surface area contributed by atoms with E-state index in [0.717, 1.165) is 0 Å². The van der Waals surface area contributed by atoms with Crippen LogP contribution in [-0.4, -0.2) is 24.5 Å². The van der Waals surface area contributed by atoms with Crippen LogP contribution in [0.1, 0.15) is 22.3 Å². The zero-order valence-electron chi connectivity index (χ0n) is 8.70. The summed E-state index contributed by atoms with van der Waals surface area (Å²) in [6.07, 6.45) is 1.23. The zero-order valence-corrected chi connectivity index (χ0v) is 8.70. The first-order valence-corrected chi connectivity index (χ1v) is 4.63. The second-order valence-corrected chi connectivity index (χ2v) is 3.17. The molecule has 1 aromatic rings. The normalized spacial score (nSPS) is 9.88. The molecular formula is C11H11FO4. The summed E-state index contributed by atoms with van der Waals surface area (Å²) in [7, 11) is 1.20. The highest BCUT2D eigenvalue weighted by Crippen LogP contribution is 2.25. The summed E-state index contributed by atoms with van der Waals surface area (Å²) in [6, 6.07) is 2.49. The van der Waals surface area contributed by atoms with Crippen LogP contribution < -0.4 is 4.74 Å². The van der Waals surface area contributed by atoms with Crippen LogP contribution in [0.2, 0.25) is 0 Å². The number of carboxylic acids is 1. The lowest BCUT2D eigenvalue weighted by molar-refractivity contribution is -0.107. The van der Waals surface area contributed by atoms with E-state index in [0.29, 0.717) is 18.3 Å². The summed E-state index contributed by atoms with van der Waals surface area (Å²) in [5.41, 5.74) is 0.228. The molecule has 5 heteroatoms. The second kappa shape index (κ2) is 5.25. The Morgan fingerprint density at radius 3 is 2.75 bits per heavy atom. The number of hydrogen-bond acceptors (Lipinski definition) is 3. The first kappa shape index (κ1) is 12.2. The Hall–Kier alpha value is -1.91. The van der Waals surface area contributed by atoms with Crippen molar-refractivity contribution in [2.24, 2.45) is 0 Å². The molecular weight excluding hydrogens is 215 g/mol. The van der Waals surface area contributed by atoms with Gasteiger partial charge in [0.1, 0.15) is 11.8 Å². The van der Waals surface area contributed by atoms with Crippen LogP contribution in [0.3, 0.4) is 0 Å². The van der Waals surface area contributed by atoms with Gasteiger partial charge in [0.25, 0.3) is 0 Å². The molecule has 16 heavy (non-hydrogen) atoms. The Morgan fingerprint density at radius 1 is 1.56 bits per heavy atom. The summed E-state index contributed by atoms with van der Waals surface area (Å²) < 4.78 is 18.1. The summed E-state index contributed by atoms with van der Waals surface area (Å²) in [5.74, 6) is -2.28. The highest BCUT2D eigenvalue weighted by atomic mass is 19.1. The Kier molecular flexibility index (Phi) is 3.99. The molecule has 0 radical (unpaired) electrons. The van der Waals surface area contributed by atoms with Crippen molar-refractivity contribution in [2.45, 2.75) is 12.8 Å². The predicted octanol–water partition coefficient (Wildman–Crippen LogP) is 1.66. The van der Waals surface area contributed by atoms with E-state index in [1.165, 1.54) is 19.2 Å². The second-order valence-electron chi connectivity index (χ2n) is 3.17. The SMILES string of the molecule is COc1c(F)cc(CCC=O)cc1C(=O)O. The van der Waals surface area contributed by atoms with Crippen LogP contribution in [0.15, 0.2) is 12.1 Å². The summed E-state index contributed by atoms with van der Waals surface area (Å²) >= 11 is 0. The average Bonchev–Trinajstić information content (AvgIpc) is 2.25. The molecule has 0 atom stereocenters. The molecule has 0 spiro atoms. The smallest absolute Gasteiger partial charge is 0.339 e. The van der Waals surface area contributed by atoms with Gasteiger partial charge in [0.05, 0.1) is 7.11 Å². The lowest BCUT2D eigenvalue weighted by Crippen LogP contribution is -2.04. The van der Waals surface area contributed by atoms with E-state index in [1.807, 2.05) is 0 Å². The van der Waals surface area contributed by atoms with Crippen LogP contribution in [0.4, 0.5) is 4.39 Å². The highest BCUT2D eigenvalue weighted by Gasteiger charge is 2.16. The first-order chi connectivity index (χ1) is 7.60. The molecule has 0 bridgehead atoms. The van der Waals surface area contributed by atoms with Gasteiger partial charge in [-0.1, -0.05) is 0 Å². The van der Waals surface area contributed by atoms with Gasteiger partial charge in [0.15, 0.2) is 11.6 Å². The minimum atomic E-state index is -1.26. The van der Waals surface area contributed by atoms with E-state index < -0.39 is 11.8 Å². The maximum absolute atomic E-state index is 13.4. The molecule has 0 aliphatic heterocycles. The fraction of sp³-hybridized carbons (Fsp3) is 0.273. The minimum Gasteiger partial charge on any atom is -0.493 e. The zero-order chi connectivity index (χ0) is 12.1. The van der Waals surface area contributed by atoms with Crippen molar-refractivity contribution in [1.82, 2.24) is 0 Å². The van der Waals surface area contributed by atoms with E-state index in [-0.39, 0.29) is 17.7 Å². The van der Waals surface area contributed by atoms with Crippen molar-refractivity contribution in [1.29, 1.82) is 0 Å². The molecule has 1 aromatic carbocycles. The third-order valence-corrected chi connectivity index (χ3v) is 2.09. The van der Waals surface area contributed by atoms with Gasteiger partial charge in [-0.2, -0.15) is 0 Å². The number of aryl methyl sites for hydroxylation is 1. The van der Waals surface area contributed by atoms with Crippen molar-refractivity contribution in [3.8, 4) is 5.75 Å². The van der Waals surface area contributed by atoms with Crippen LogP contribution in [0, 0.1) is 5.82 Å². The van der Waals surface area contributed by atoms with Gasteiger partial charge in [0.2, 0.25) is 0 Å². The van der Waals surface area contributed by atoms with E-state index in [1.54, 1.807) is 0 Å². The number of carboxylic acid groups (broad SMARTS) is 1. The lowest BCUT2D eigenvalue weighted by Gasteiger charge is -2.08. The van der Waals surface area contributed by atoms with E-state index in [9.17, 15) is 14.0 Å². The Balaban J connectivity index is 3.17. The molecule has 0 saturated heterocycles. The van der Waals surface area contributed by atoms with Crippen LogP contribution in [-0.2, 0) is 11.2 Å². The fourth-order valence-corrected chi connectivity index (χ4v) is 1.39. The maximum atomic E-state index is 13.4. The van der Waals surface area contributed by atoms with Crippen LogP contribution >= 0.6 is 0 Å². The molecule has 86 valence electrons. The number of rotatable bonds is 5. The van der Waals surface area contributed by atoms with E-state index in [4.69, 9.17) is 5.11 Å². The number of carbonyl (C=O) groups excluding carboxylic acids is 1. The van der Waals surface area contributed by atoms with Crippen molar-refractivity contribution < 1.29 is 23.8 Å². The predicted molar refractivity (Wildman–Crippen MR) is 54.3 cm³/mol. The quantitative estimate of drug-likeness (QED) is 0.775. The number of carbonyl (C=O) groups is 2. The van der Waals surface area contributed by atoms with Gasteiger partial charge < -0.3 is 14.6 Å². The van der Waals surface area contributed by atoms with Gasteiger partial charge in [-0.3, -0.25) is 0 Å². The third-order valence-electron chi connectivity index (χ3n) is 2.09. The van der Waals surface area contributed by atoms with E-state index in [2.05, 4.69) is 4.74 Å². The number of methoxy groups -OCH3 is 1. The molecule has 0 fully saturated rings. The summed E-state index contributed by atoms with van der Waals surface area (Å²) in [6.45, 7) is 0. The van der Waals surface area contributed by atoms with Gasteiger partial charge in [-0.15, -0.1) is 0 Å². The van der Waals surface area contributed by atoms with Gasteiger partial charge in [-0.25, -0.2) is 9.18 Å². The fourth-order valence-electron chi connectivity index (χ4n) is 1.39. The number of aldehydes is 1. The minimum absolute atomic E-state index is 0.227. The molecule has 0 unspecified atom stereocenters. The molecule has 1 N–H and O–H groups in total. The maximum Gasteiger partial charge on any atom is 0.339 e. The van der Waals surface area contributed by atoms with Crippen molar-refractivity contribution in [3.63, 3.8) is 0 Å². The Labute approximate surface area is 91.7 Å². The van der Waals surface area contributed by atoms with Gasteiger partial charge in [0, 0.05) is 6.42 Å². The van der Waals surface area contributed by atoms with Crippen molar-refractivity contribution >= 4 is 12.3 Å². The molecule has 1 rings (SSSR count). The van der Waals surface area contributed by atoms with E-state index >= 15 is 0 Å². The molecule has 0 aliphatic rings. The average molecular weight is 226 g/mol. The first-order valence-electron chi connectivity index (χ1n) is 4.63. The molecule has 0 amide bonds. The topological polar surface area (TPSA) is 63.6 Å².